The highest BCUT2D eigenvalue weighted by Gasteiger charge is 2.09. The zero-order chi connectivity index (χ0) is 11.1. The lowest BCUT2D eigenvalue weighted by Crippen LogP contribution is -2.30. The third kappa shape index (κ3) is 3.70. The zero-order valence-corrected chi connectivity index (χ0v) is 9.51. The lowest BCUT2D eigenvalue weighted by atomic mass is 10.1. The first-order valence-corrected chi connectivity index (χ1v) is 5.94. The molecule has 0 amide bonds. The molecule has 1 aliphatic rings. The van der Waals surface area contributed by atoms with E-state index in [0.717, 1.165) is 38.9 Å². The smallest absolute Gasteiger partial charge is 0.110 e. The van der Waals surface area contributed by atoms with Gasteiger partial charge in [0.1, 0.15) is 6.10 Å². The maximum atomic E-state index is 5.47. The Hall–Kier alpha value is -1.29. The van der Waals surface area contributed by atoms with Gasteiger partial charge in [-0.25, -0.2) is 0 Å². The summed E-state index contributed by atoms with van der Waals surface area (Å²) in [7, 11) is 0. The zero-order valence-electron chi connectivity index (χ0n) is 9.51. The van der Waals surface area contributed by atoms with E-state index >= 15 is 0 Å². The second kappa shape index (κ2) is 6.33. The van der Waals surface area contributed by atoms with Gasteiger partial charge in [0.2, 0.25) is 0 Å². The van der Waals surface area contributed by atoms with E-state index in [-0.39, 0.29) is 0 Å². The van der Waals surface area contributed by atoms with E-state index in [1.54, 1.807) is 0 Å². The topological polar surface area (TPSA) is 39.1 Å². The summed E-state index contributed by atoms with van der Waals surface area (Å²) in [6.07, 6.45) is 11.4. The maximum absolute atomic E-state index is 5.47. The predicted molar refractivity (Wildman–Crippen MR) is 63.0 cm³/mol. The molecule has 16 heavy (non-hydrogen) atoms. The molecule has 1 aliphatic heterocycles. The van der Waals surface area contributed by atoms with E-state index in [9.17, 15) is 0 Å². The lowest BCUT2D eigenvalue weighted by molar-refractivity contribution is 0.122. The minimum atomic E-state index is 0.356. The second-order valence-corrected chi connectivity index (χ2v) is 4.03. The average Bonchev–Trinajstić information content (AvgIpc) is 2.83. The monoisotopic (exact) mass is 221 g/mol. The largest absolute Gasteiger partial charge is 0.497 e. The molecule has 2 heterocycles. The Balaban J connectivity index is 1.50. The summed E-state index contributed by atoms with van der Waals surface area (Å²) in [6, 6.07) is 1.95. The van der Waals surface area contributed by atoms with E-state index in [1.165, 1.54) is 0 Å². The van der Waals surface area contributed by atoms with Gasteiger partial charge in [-0.2, -0.15) is 5.10 Å². The van der Waals surface area contributed by atoms with Crippen LogP contribution in [0.3, 0.4) is 0 Å². The Morgan fingerprint density at radius 3 is 3.25 bits per heavy atom. The van der Waals surface area contributed by atoms with Crippen molar-refractivity contribution >= 4 is 0 Å². The van der Waals surface area contributed by atoms with Crippen LogP contribution in [0.5, 0.6) is 0 Å². The van der Waals surface area contributed by atoms with Crippen LogP contribution in [0.15, 0.2) is 30.8 Å². The van der Waals surface area contributed by atoms with Crippen LogP contribution < -0.4 is 5.32 Å². The summed E-state index contributed by atoms with van der Waals surface area (Å²) >= 11 is 0. The molecular formula is C12H19N3O. The number of aryl methyl sites for hydroxylation is 1. The van der Waals surface area contributed by atoms with Gasteiger partial charge in [0.15, 0.2) is 0 Å². The van der Waals surface area contributed by atoms with Crippen molar-refractivity contribution in [2.45, 2.75) is 31.9 Å². The molecule has 0 spiro atoms. The molecular weight excluding hydrogens is 202 g/mol. The Bertz CT molecular complexity index is 308. The van der Waals surface area contributed by atoms with E-state index in [1.807, 2.05) is 29.4 Å². The molecule has 0 radical (unpaired) electrons. The standard InChI is InChI=1S/C12H19N3O/c1-2-10-16-12(5-1)11-13-6-3-8-15-9-4-7-14-15/h2,4,7,9-10,12-13H,1,3,5-6,8,11H2. The number of hydrogen-bond donors (Lipinski definition) is 1. The van der Waals surface area contributed by atoms with E-state index in [4.69, 9.17) is 4.74 Å². The molecule has 0 saturated carbocycles. The SMILES string of the molecule is C1=COC(CNCCCn2cccn2)CC1. The third-order valence-electron chi connectivity index (χ3n) is 2.69. The fraction of sp³-hybridized carbons (Fsp3) is 0.583. The van der Waals surface area contributed by atoms with Gasteiger partial charge in [-0.05, 0) is 37.9 Å². The van der Waals surface area contributed by atoms with Gasteiger partial charge >= 0.3 is 0 Å². The Labute approximate surface area is 96.3 Å². The molecule has 0 fully saturated rings. The van der Waals surface area contributed by atoms with Crippen molar-refractivity contribution in [3.05, 3.63) is 30.8 Å². The molecule has 88 valence electrons. The number of nitrogens with zero attached hydrogens (tertiary/aromatic N) is 2. The van der Waals surface area contributed by atoms with Crippen LogP contribution in [0.4, 0.5) is 0 Å². The van der Waals surface area contributed by atoms with Crippen molar-refractivity contribution in [2.75, 3.05) is 13.1 Å². The quantitative estimate of drug-likeness (QED) is 0.741. The number of rotatable bonds is 6. The first-order valence-electron chi connectivity index (χ1n) is 5.94. The van der Waals surface area contributed by atoms with Crippen LogP contribution in [0, 0.1) is 0 Å². The summed E-state index contributed by atoms with van der Waals surface area (Å²) in [5, 5.41) is 7.58. The van der Waals surface area contributed by atoms with Crippen LogP contribution in [-0.4, -0.2) is 29.0 Å². The molecule has 2 rings (SSSR count). The van der Waals surface area contributed by atoms with Crippen molar-refractivity contribution in [3.8, 4) is 0 Å². The van der Waals surface area contributed by atoms with Crippen LogP contribution in [0.25, 0.3) is 0 Å². The van der Waals surface area contributed by atoms with Gasteiger partial charge in [-0.1, -0.05) is 0 Å². The van der Waals surface area contributed by atoms with Gasteiger partial charge in [-0.15, -0.1) is 0 Å². The van der Waals surface area contributed by atoms with Crippen LogP contribution in [0.2, 0.25) is 0 Å². The maximum Gasteiger partial charge on any atom is 0.110 e. The van der Waals surface area contributed by atoms with Crippen LogP contribution in [0.1, 0.15) is 19.3 Å². The third-order valence-corrected chi connectivity index (χ3v) is 2.69. The molecule has 0 aliphatic carbocycles. The number of aromatic nitrogens is 2. The van der Waals surface area contributed by atoms with Crippen molar-refractivity contribution in [2.24, 2.45) is 0 Å². The lowest BCUT2D eigenvalue weighted by Gasteiger charge is -2.19. The van der Waals surface area contributed by atoms with Gasteiger partial charge in [0.25, 0.3) is 0 Å². The molecule has 0 aromatic carbocycles. The van der Waals surface area contributed by atoms with Gasteiger partial charge in [-0.3, -0.25) is 4.68 Å². The highest BCUT2D eigenvalue weighted by molar-refractivity contribution is 4.83. The molecule has 1 unspecified atom stereocenters. The fourth-order valence-corrected chi connectivity index (χ4v) is 1.80. The molecule has 1 aromatic heterocycles. The van der Waals surface area contributed by atoms with Gasteiger partial charge in [0, 0.05) is 25.5 Å². The highest BCUT2D eigenvalue weighted by atomic mass is 16.5. The first kappa shape index (κ1) is 11.2. The fourth-order valence-electron chi connectivity index (χ4n) is 1.80. The van der Waals surface area contributed by atoms with Crippen LogP contribution >= 0.6 is 0 Å². The number of nitrogens with one attached hydrogen (secondary N) is 1. The summed E-state index contributed by atoms with van der Waals surface area (Å²) in [5.74, 6) is 0. The normalized spacial score (nSPS) is 19.6. The first-order chi connectivity index (χ1) is 7.95. The molecule has 0 bridgehead atoms. The summed E-state index contributed by atoms with van der Waals surface area (Å²) < 4.78 is 7.43. The Morgan fingerprint density at radius 2 is 2.50 bits per heavy atom. The van der Waals surface area contributed by atoms with E-state index in [0.29, 0.717) is 6.10 Å². The highest BCUT2D eigenvalue weighted by Crippen LogP contribution is 2.08. The second-order valence-electron chi connectivity index (χ2n) is 4.03. The summed E-state index contributed by atoms with van der Waals surface area (Å²) in [4.78, 5) is 0. The van der Waals surface area contributed by atoms with E-state index in [2.05, 4.69) is 16.5 Å². The molecule has 1 aromatic rings. The Morgan fingerprint density at radius 1 is 1.50 bits per heavy atom. The number of allylic oxidation sites excluding steroid dienone is 1. The molecule has 1 atom stereocenters. The number of ether oxygens (including phenoxy) is 1. The Kier molecular flexibility index (Phi) is 4.43. The van der Waals surface area contributed by atoms with E-state index < -0.39 is 0 Å². The van der Waals surface area contributed by atoms with Crippen LogP contribution in [-0.2, 0) is 11.3 Å². The molecule has 1 N–H and O–H groups in total. The number of hydrogen-bond acceptors (Lipinski definition) is 3. The van der Waals surface area contributed by atoms with Gasteiger partial charge in [0.05, 0.1) is 6.26 Å². The predicted octanol–water partition coefficient (Wildman–Crippen LogP) is 1.56. The van der Waals surface area contributed by atoms with Crippen molar-refractivity contribution in [1.29, 1.82) is 0 Å². The molecule has 4 nitrogen and oxygen atoms in total. The minimum Gasteiger partial charge on any atom is -0.497 e. The van der Waals surface area contributed by atoms with Gasteiger partial charge < -0.3 is 10.1 Å². The van der Waals surface area contributed by atoms with Crippen molar-refractivity contribution in [1.82, 2.24) is 15.1 Å². The molecule has 0 saturated heterocycles. The average molecular weight is 221 g/mol. The summed E-state index contributed by atoms with van der Waals surface area (Å²) in [5.41, 5.74) is 0. The summed E-state index contributed by atoms with van der Waals surface area (Å²) in [6.45, 7) is 2.94. The minimum absolute atomic E-state index is 0.356. The molecule has 4 heteroatoms. The van der Waals surface area contributed by atoms with Crippen molar-refractivity contribution in [3.63, 3.8) is 0 Å². The van der Waals surface area contributed by atoms with Crippen molar-refractivity contribution < 1.29 is 4.74 Å².